The zero-order valence-electron chi connectivity index (χ0n) is 19.2. The number of ether oxygens (including phenoxy) is 2. The van der Waals surface area contributed by atoms with E-state index in [1.165, 1.54) is 0 Å². The molecule has 10 heteroatoms. The Labute approximate surface area is 196 Å². The van der Waals surface area contributed by atoms with Crippen molar-refractivity contribution >= 4 is 28.4 Å². The van der Waals surface area contributed by atoms with E-state index in [0.29, 0.717) is 12.4 Å². The van der Waals surface area contributed by atoms with Crippen LogP contribution in [0.3, 0.4) is 0 Å². The van der Waals surface area contributed by atoms with Crippen LogP contribution in [0.1, 0.15) is 31.2 Å². The van der Waals surface area contributed by atoms with E-state index in [4.69, 9.17) is 9.47 Å². The summed E-state index contributed by atoms with van der Waals surface area (Å²) in [5.41, 5.74) is 2.46. The van der Waals surface area contributed by atoms with Gasteiger partial charge in [-0.2, -0.15) is 10.1 Å². The lowest BCUT2D eigenvalue weighted by atomic mass is 9.91. The highest BCUT2D eigenvalue weighted by molar-refractivity contribution is 6.06. The molecule has 0 saturated heterocycles. The molecule has 2 amide bonds. The second-order valence-corrected chi connectivity index (χ2v) is 8.79. The van der Waals surface area contributed by atoms with Crippen molar-refractivity contribution in [3.8, 4) is 5.88 Å². The van der Waals surface area contributed by atoms with Crippen molar-refractivity contribution in [3.63, 3.8) is 0 Å². The molecule has 0 unspecified atom stereocenters. The van der Waals surface area contributed by atoms with Crippen molar-refractivity contribution in [1.29, 1.82) is 0 Å². The molecule has 0 N–H and O–H groups in total. The third-order valence-corrected chi connectivity index (χ3v) is 6.54. The number of alkyl halides is 2. The lowest BCUT2D eigenvalue weighted by molar-refractivity contribution is 0.0659. The first-order valence-corrected chi connectivity index (χ1v) is 11.4. The van der Waals surface area contributed by atoms with Gasteiger partial charge in [-0.05, 0) is 49.9 Å². The van der Waals surface area contributed by atoms with Gasteiger partial charge in [-0.15, -0.1) is 0 Å². The summed E-state index contributed by atoms with van der Waals surface area (Å²) in [6, 6.07) is 8.89. The van der Waals surface area contributed by atoms with Crippen molar-refractivity contribution in [1.82, 2.24) is 14.8 Å². The number of urea groups is 1. The Balaban J connectivity index is 1.51. The molecule has 3 aromatic rings. The Morgan fingerprint density at radius 1 is 1.15 bits per heavy atom. The second-order valence-electron chi connectivity index (χ2n) is 8.79. The summed E-state index contributed by atoms with van der Waals surface area (Å²) < 4.78 is 37.7. The normalized spacial score (nSPS) is 20.8. The summed E-state index contributed by atoms with van der Waals surface area (Å²) in [5.74, 6) is 0.573. The van der Waals surface area contributed by atoms with Crippen molar-refractivity contribution in [2.24, 2.45) is 7.05 Å². The third kappa shape index (κ3) is 4.29. The number of benzene rings is 1. The summed E-state index contributed by atoms with van der Waals surface area (Å²) in [7, 11) is 3.57. The van der Waals surface area contributed by atoms with Gasteiger partial charge in [0.25, 0.3) is 6.43 Å². The number of halogens is 2. The molecule has 0 bridgehead atoms. The molecule has 0 radical (unpaired) electrons. The Morgan fingerprint density at radius 2 is 1.94 bits per heavy atom. The first-order chi connectivity index (χ1) is 16.4. The first kappa shape index (κ1) is 22.5. The van der Waals surface area contributed by atoms with Crippen LogP contribution in [0.2, 0.25) is 0 Å². The number of aromatic nitrogens is 3. The zero-order chi connectivity index (χ0) is 23.8. The molecule has 0 spiro atoms. The number of anilines is 2. The average molecular weight is 472 g/mol. The average Bonchev–Trinajstić information content (AvgIpc) is 3.21. The van der Waals surface area contributed by atoms with E-state index in [9.17, 15) is 13.6 Å². The minimum Gasteiger partial charge on any atom is -0.472 e. The first-order valence-electron chi connectivity index (χ1n) is 11.4. The maximum Gasteiger partial charge on any atom is 0.330 e. The van der Waals surface area contributed by atoms with Crippen LogP contribution in [0.5, 0.6) is 5.88 Å². The predicted octanol–water partition coefficient (Wildman–Crippen LogP) is 4.52. The number of fused-ring (bicyclic) bond motifs is 2. The number of methoxy groups -OCH3 is 1. The molecule has 1 aromatic carbocycles. The number of carbonyl (C=O) groups is 1. The van der Waals surface area contributed by atoms with Gasteiger partial charge >= 0.3 is 6.03 Å². The number of hydrogen-bond donors (Lipinski definition) is 0. The zero-order valence-corrected chi connectivity index (χ0v) is 19.2. The highest BCUT2D eigenvalue weighted by Gasteiger charge is 2.39. The van der Waals surface area contributed by atoms with Gasteiger partial charge in [0.1, 0.15) is 5.82 Å². The monoisotopic (exact) mass is 471 g/mol. The van der Waals surface area contributed by atoms with Crippen LogP contribution >= 0.6 is 0 Å². The van der Waals surface area contributed by atoms with E-state index in [1.807, 2.05) is 31.4 Å². The Kier molecular flexibility index (Phi) is 6.07. The van der Waals surface area contributed by atoms with Crippen LogP contribution in [0.15, 0.2) is 36.5 Å². The van der Waals surface area contributed by atoms with Crippen LogP contribution < -0.4 is 14.5 Å². The van der Waals surface area contributed by atoms with Gasteiger partial charge in [0.2, 0.25) is 5.88 Å². The van der Waals surface area contributed by atoms with Crippen LogP contribution in [0.4, 0.5) is 25.1 Å². The van der Waals surface area contributed by atoms with Gasteiger partial charge in [0.15, 0.2) is 6.61 Å². The molecule has 1 aliphatic heterocycles. The standard InChI is InChI=1S/C24H27F2N5O3/c1-29-12-16-11-18(6-9-20(16)28-29)30-13-15-3-10-22(34-14-21(25)26)27-23(15)31(24(30)32)17-4-7-19(33-2)8-5-17/h3,6,9-12,17,19,21H,4-5,7-8,13-14H2,1-2H3. The van der Waals surface area contributed by atoms with Gasteiger partial charge in [-0.3, -0.25) is 14.5 Å². The van der Waals surface area contributed by atoms with Crippen molar-refractivity contribution in [2.75, 3.05) is 23.5 Å². The van der Waals surface area contributed by atoms with Crippen molar-refractivity contribution < 1.29 is 23.0 Å². The molecular weight excluding hydrogens is 444 g/mol. The van der Waals surface area contributed by atoms with E-state index in [0.717, 1.165) is 47.8 Å². The highest BCUT2D eigenvalue weighted by Crippen LogP contribution is 2.37. The minimum atomic E-state index is -2.60. The van der Waals surface area contributed by atoms with Crippen LogP contribution in [0, 0.1) is 0 Å². The summed E-state index contributed by atoms with van der Waals surface area (Å²) in [5, 5.41) is 5.36. The quantitative estimate of drug-likeness (QED) is 0.529. The van der Waals surface area contributed by atoms with E-state index >= 15 is 0 Å². The fraction of sp³-hybridized carbons (Fsp3) is 0.458. The number of pyridine rings is 1. The highest BCUT2D eigenvalue weighted by atomic mass is 19.3. The van der Waals surface area contributed by atoms with Crippen LogP contribution in [-0.4, -0.2) is 53.1 Å². The van der Waals surface area contributed by atoms with Crippen LogP contribution in [0.25, 0.3) is 10.9 Å². The number of rotatable bonds is 6. The maximum absolute atomic E-state index is 13.9. The fourth-order valence-electron chi connectivity index (χ4n) is 4.85. The van der Waals surface area contributed by atoms with Crippen LogP contribution in [-0.2, 0) is 18.3 Å². The summed E-state index contributed by atoms with van der Waals surface area (Å²) in [6.07, 6.45) is 2.70. The van der Waals surface area contributed by atoms with Gasteiger partial charge in [0.05, 0.1) is 18.2 Å². The topological polar surface area (TPSA) is 72.7 Å². The molecule has 1 saturated carbocycles. The molecular formula is C24H27F2N5O3. The molecule has 5 rings (SSSR count). The molecule has 34 heavy (non-hydrogen) atoms. The Hall–Kier alpha value is -3.27. The number of carbonyl (C=O) groups excluding carboxylic acids is 1. The van der Waals surface area contributed by atoms with Crippen molar-refractivity contribution in [3.05, 3.63) is 42.1 Å². The van der Waals surface area contributed by atoms with Gasteiger partial charge in [0, 0.05) is 49.1 Å². The number of amides is 2. The van der Waals surface area contributed by atoms with Gasteiger partial charge in [-0.1, -0.05) is 0 Å². The summed E-state index contributed by atoms with van der Waals surface area (Å²) >= 11 is 0. The molecule has 0 atom stereocenters. The predicted molar refractivity (Wildman–Crippen MR) is 124 cm³/mol. The van der Waals surface area contributed by atoms with E-state index in [1.54, 1.807) is 33.7 Å². The third-order valence-electron chi connectivity index (χ3n) is 6.54. The minimum absolute atomic E-state index is 0.0691. The Bertz CT molecular complexity index is 1190. The van der Waals surface area contributed by atoms with E-state index in [2.05, 4.69) is 10.1 Å². The van der Waals surface area contributed by atoms with Gasteiger partial charge in [-0.25, -0.2) is 13.6 Å². The lowest BCUT2D eigenvalue weighted by Crippen LogP contribution is -2.53. The summed E-state index contributed by atoms with van der Waals surface area (Å²) in [4.78, 5) is 21.8. The Morgan fingerprint density at radius 3 is 2.68 bits per heavy atom. The fourth-order valence-corrected chi connectivity index (χ4v) is 4.85. The van der Waals surface area contributed by atoms with Gasteiger partial charge < -0.3 is 9.47 Å². The second kappa shape index (κ2) is 9.17. The smallest absolute Gasteiger partial charge is 0.330 e. The van der Waals surface area contributed by atoms with E-state index < -0.39 is 13.0 Å². The molecule has 2 aliphatic rings. The number of nitrogens with zero attached hydrogens (tertiary/aromatic N) is 5. The van der Waals surface area contributed by atoms with E-state index in [-0.39, 0.29) is 24.1 Å². The molecule has 1 aliphatic carbocycles. The van der Waals surface area contributed by atoms with Crippen molar-refractivity contribution in [2.45, 2.75) is 50.8 Å². The number of hydrogen-bond acceptors (Lipinski definition) is 5. The number of aryl methyl sites for hydroxylation is 1. The molecule has 180 valence electrons. The summed E-state index contributed by atoms with van der Waals surface area (Å²) in [6.45, 7) is -0.415. The SMILES string of the molecule is COC1CCC(N2C(=O)N(c3ccc4nn(C)cc4c3)Cc3ccc(OCC(F)F)nc32)CC1. The lowest BCUT2D eigenvalue weighted by Gasteiger charge is -2.42. The molecule has 1 fully saturated rings. The molecule has 8 nitrogen and oxygen atoms in total. The molecule has 2 aromatic heterocycles. The maximum atomic E-state index is 13.9. The largest absolute Gasteiger partial charge is 0.472 e. The molecule has 3 heterocycles.